The zero-order chi connectivity index (χ0) is 7.73. The van der Waals surface area contributed by atoms with E-state index in [-0.39, 0.29) is 0 Å². The molecule has 0 aromatic rings. The van der Waals surface area contributed by atoms with Crippen molar-refractivity contribution in [2.24, 2.45) is 11.3 Å². The summed E-state index contributed by atoms with van der Waals surface area (Å²) in [5.41, 5.74) is 0.646. The lowest BCUT2D eigenvalue weighted by Gasteiger charge is -2.32. The number of rotatable bonds is 0. The first-order valence-electron chi connectivity index (χ1n) is 4.80. The molecule has 2 nitrogen and oxygen atoms in total. The van der Waals surface area contributed by atoms with Crippen LogP contribution in [0.2, 0.25) is 0 Å². The van der Waals surface area contributed by atoms with Crippen LogP contribution in [-0.2, 0) is 0 Å². The maximum atomic E-state index is 5.77. The van der Waals surface area contributed by atoms with Crippen molar-refractivity contribution < 1.29 is 0 Å². The van der Waals surface area contributed by atoms with Crippen LogP contribution in [-0.4, -0.2) is 18.1 Å². The number of nitrogens with two attached hydrogens (primary N) is 1. The van der Waals surface area contributed by atoms with Gasteiger partial charge in [0.25, 0.3) is 0 Å². The number of hydrazine groups is 1. The van der Waals surface area contributed by atoms with E-state index < -0.39 is 0 Å². The van der Waals surface area contributed by atoms with Gasteiger partial charge in [-0.25, -0.2) is 5.01 Å². The lowest BCUT2D eigenvalue weighted by Crippen LogP contribution is -2.33. The summed E-state index contributed by atoms with van der Waals surface area (Å²) in [6.45, 7) is 2.28. The highest BCUT2D eigenvalue weighted by Gasteiger charge is 2.37. The minimum absolute atomic E-state index is 0.646. The predicted octanol–water partition coefficient (Wildman–Crippen LogP) is 1.52. The van der Waals surface area contributed by atoms with Gasteiger partial charge in [-0.1, -0.05) is 19.3 Å². The molecule has 1 saturated carbocycles. The second-order valence-corrected chi connectivity index (χ2v) is 4.28. The highest BCUT2D eigenvalue weighted by atomic mass is 15.4. The summed E-state index contributed by atoms with van der Waals surface area (Å²) < 4.78 is 0. The van der Waals surface area contributed by atoms with Crippen LogP contribution in [0, 0.1) is 5.41 Å². The normalized spacial score (nSPS) is 31.4. The van der Waals surface area contributed by atoms with Crippen molar-refractivity contribution in [1.82, 2.24) is 5.01 Å². The Labute approximate surface area is 68.7 Å². The molecule has 1 aliphatic carbocycles. The first-order valence-corrected chi connectivity index (χ1v) is 4.80. The largest absolute Gasteiger partial charge is 0.269 e. The lowest BCUT2D eigenvalue weighted by atomic mass is 9.74. The predicted molar refractivity (Wildman–Crippen MR) is 45.9 cm³/mol. The molecule has 64 valence electrons. The van der Waals surface area contributed by atoms with Crippen LogP contribution in [0.5, 0.6) is 0 Å². The number of nitrogens with zero attached hydrogens (tertiary/aromatic N) is 1. The van der Waals surface area contributed by atoms with Crippen molar-refractivity contribution in [1.29, 1.82) is 0 Å². The Morgan fingerprint density at radius 3 is 2.27 bits per heavy atom. The van der Waals surface area contributed by atoms with Crippen molar-refractivity contribution in [3.63, 3.8) is 0 Å². The molecule has 2 rings (SSSR count). The van der Waals surface area contributed by atoms with Gasteiger partial charge in [0, 0.05) is 13.1 Å². The molecule has 0 radical (unpaired) electrons. The van der Waals surface area contributed by atoms with Gasteiger partial charge in [0.05, 0.1) is 0 Å². The van der Waals surface area contributed by atoms with Crippen molar-refractivity contribution >= 4 is 0 Å². The zero-order valence-corrected chi connectivity index (χ0v) is 7.18. The Hall–Kier alpha value is -0.0800. The average Bonchev–Trinajstić information content (AvgIpc) is 2.34. The first-order chi connectivity index (χ1) is 5.31. The maximum absolute atomic E-state index is 5.77. The minimum Gasteiger partial charge on any atom is -0.269 e. The summed E-state index contributed by atoms with van der Waals surface area (Å²) in [7, 11) is 0. The van der Waals surface area contributed by atoms with E-state index in [4.69, 9.17) is 5.84 Å². The summed E-state index contributed by atoms with van der Waals surface area (Å²) in [5.74, 6) is 5.77. The fraction of sp³-hybridized carbons (Fsp3) is 1.00. The van der Waals surface area contributed by atoms with Gasteiger partial charge < -0.3 is 0 Å². The van der Waals surface area contributed by atoms with Crippen LogP contribution >= 0.6 is 0 Å². The molecule has 0 atom stereocenters. The monoisotopic (exact) mass is 154 g/mol. The molecule has 2 fully saturated rings. The molecule has 1 spiro atoms. The van der Waals surface area contributed by atoms with E-state index in [1.165, 1.54) is 38.5 Å². The van der Waals surface area contributed by atoms with Gasteiger partial charge in [0.1, 0.15) is 0 Å². The molecule has 0 aromatic heterocycles. The van der Waals surface area contributed by atoms with Crippen molar-refractivity contribution in [2.45, 2.75) is 38.5 Å². The molecule has 1 saturated heterocycles. The van der Waals surface area contributed by atoms with Crippen LogP contribution in [0.15, 0.2) is 0 Å². The van der Waals surface area contributed by atoms with E-state index in [0.29, 0.717) is 5.41 Å². The first kappa shape index (κ1) is 7.56. The maximum Gasteiger partial charge on any atom is 0.0185 e. The van der Waals surface area contributed by atoms with Crippen LogP contribution in [0.1, 0.15) is 38.5 Å². The Kier molecular flexibility index (Phi) is 1.90. The SMILES string of the molecule is NN1CCC2(CCCCC2)C1. The van der Waals surface area contributed by atoms with E-state index in [1.807, 2.05) is 5.01 Å². The molecule has 0 unspecified atom stereocenters. The Morgan fingerprint density at radius 2 is 1.73 bits per heavy atom. The minimum atomic E-state index is 0.646. The third-order valence-corrected chi connectivity index (χ3v) is 3.38. The van der Waals surface area contributed by atoms with Gasteiger partial charge in [-0.05, 0) is 24.7 Å². The van der Waals surface area contributed by atoms with E-state index >= 15 is 0 Å². The van der Waals surface area contributed by atoms with E-state index in [0.717, 1.165) is 13.1 Å². The quantitative estimate of drug-likeness (QED) is 0.536. The average molecular weight is 154 g/mol. The Bertz CT molecular complexity index is 133. The molecule has 0 amide bonds. The van der Waals surface area contributed by atoms with Gasteiger partial charge in [-0.2, -0.15) is 0 Å². The molecule has 2 aliphatic rings. The highest BCUT2D eigenvalue weighted by Crippen LogP contribution is 2.42. The van der Waals surface area contributed by atoms with E-state index in [2.05, 4.69) is 0 Å². The van der Waals surface area contributed by atoms with Crippen LogP contribution < -0.4 is 5.84 Å². The second-order valence-electron chi connectivity index (χ2n) is 4.28. The van der Waals surface area contributed by atoms with Gasteiger partial charge in [-0.15, -0.1) is 0 Å². The topological polar surface area (TPSA) is 29.3 Å². The summed E-state index contributed by atoms with van der Waals surface area (Å²) >= 11 is 0. The summed E-state index contributed by atoms with van der Waals surface area (Å²) in [6.07, 6.45) is 8.54. The van der Waals surface area contributed by atoms with Gasteiger partial charge >= 0.3 is 0 Å². The van der Waals surface area contributed by atoms with E-state index in [9.17, 15) is 0 Å². The molecule has 11 heavy (non-hydrogen) atoms. The molecule has 0 aromatic carbocycles. The van der Waals surface area contributed by atoms with Gasteiger partial charge in [0.2, 0.25) is 0 Å². The Morgan fingerprint density at radius 1 is 1.00 bits per heavy atom. The zero-order valence-electron chi connectivity index (χ0n) is 7.18. The molecular formula is C9H18N2. The van der Waals surface area contributed by atoms with Crippen LogP contribution in [0.3, 0.4) is 0 Å². The fourth-order valence-electron chi connectivity index (χ4n) is 2.68. The molecule has 0 bridgehead atoms. The molecule has 2 N–H and O–H groups in total. The summed E-state index contributed by atoms with van der Waals surface area (Å²) in [4.78, 5) is 0. The van der Waals surface area contributed by atoms with Crippen molar-refractivity contribution in [3.8, 4) is 0 Å². The molecular weight excluding hydrogens is 136 g/mol. The van der Waals surface area contributed by atoms with Crippen molar-refractivity contribution in [2.75, 3.05) is 13.1 Å². The summed E-state index contributed by atoms with van der Waals surface area (Å²) in [6, 6.07) is 0. The fourth-order valence-corrected chi connectivity index (χ4v) is 2.68. The van der Waals surface area contributed by atoms with Crippen LogP contribution in [0.4, 0.5) is 0 Å². The van der Waals surface area contributed by atoms with E-state index in [1.54, 1.807) is 0 Å². The lowest BCUT2D eigenvalue weighted by molar-refractivity contribution is 0.187. The van der Waals surface area contributed by atoms with Gasteiger partial charge in [0.15, 0.2) is 0 Å². The third kappa shape index (κ3) is 1.42. The number of hydrogen-bond donors (Lipinski definition) is 1. The molecule has 1 aliphatic heterocycles. The molecule has 2 heteroatoms. The standard InChI is InChI=1S/C9H18N2/c10-11-7-6-9(8-11)4-2-1-3-5-9/h1-8,10H2. The highest BCUT2D eigenvalue weighted by molar-refractivity contribution is 4.89. The smallest absolute Gasteiger partial charge is 0.0185 e. The molecule has 1 heterocycles. The Balaban J connectivity index is 1.98. The van der Waals surface area contributed by atoms with Gasteiger partial charge in [-0.3, -0.25) is 5.84 Å². The summed E-state index contributed by atoms with van der Waals surface area (Å²) in [5, 5.41) is 2.01. The van der Waals surface area contributed by atoms with Crippen molar-refractivity contribution in [3.05, 3.63) is 0 Å². The number of hydrogen-bond acceptors (Lipinski definition) is 2. The van der Waals surface area contributed by atoms with Crippen LogP contribution in [0.25, 0.3) is 0 Å². The third-order valence-electron chi connectivity index (χ3n) is 3.38. The second kappa shape index (κ2) is 2.76.